The van der Waals surface area contributed by atoms with Gasteiger partial charge in [0.25, 0.3) is 0 Å². The van der Waals surface area contributed by atoms with Gasteiger partial charge in [-0.1, -0.05) is 0 Å². The lowest BCUT2D eigenvalue weighted by Gasteiger charge is -2.44. The molecule has 1 saturated heterocycles. The fraction of sp³-hybridized carbons (Fsp3) is 0.800. The number of nitrogens with zero attached hydrogens (tertiary/aromatic N) is 5. The highest BCUT2D eigenvalue weighted by molar-refractivity contribution is 5.69. The van der Waals surface area contributed by atoms with E-state index >= 15 is 0 Å². The molecule has 1 aromatic heterocycles. The lowest BCUT2D eigenvalue weighted by atomic mass is 9.94. The van der Waals surface area contributed by atoms with E-state index in [1.807, 2.05) is 0 Å². The van der Waals surface area contributed by atoms with Gasteiger partial charge in [0, 0.05) is 7.05 Å². The number of hydrogen-bond acceptors (Lipinski definition) is 6. The van der Waals surface area contributed by atoms with Gasteiger partial charge in [0.2, 0.25) is 0 Å². The maximum atomic E-state index is 11.7. The number of carbonyl (C=O) groups is 1. The molecule has 8 heteroatoms. The molecule has 1 N–H and O–H groups in total. The van der Waals surface area contributed by atoms with Gasteiger partial charge in [-0.15, -0.1) is 5.10 Å². The van der Waals surface area contributed by atoms with Crippen molar-refractivity contribution in [2.45, 2.75) is 32.0 Å². The highest BCUT2D eigenvalue weighted by Gasteiger charge is 2.49. The van der Waals surface area contributed by atoms with Crippen molar-refractivity contribution in [2.75, 3.05) is 13.1 Å². The van der Waals surface area contributed by atoms with Crippen molar-refractivity contribution in [3.63, 3.8) is 0 Å². The summed E-state index contributed by atoms with van der Waals surface area (Å²) in [6, 6.07) is 0. The third kappa shape index (κ3) is 2.28. The maximum Gasteiger partial charge on any atom is 0.410 e. The van der Waals surface area contributed by atoms with Crippen LogP contribution in [-0.2, 0) is 17.4 Å². The summed E-state index contributed by atoms with van der Waals surface area (Å²) in [6.45, 7) is 5.66. The van der Waals surface area contributed by atoms with Crippen molar-refractivity contribution in [2.24, 2.45) is 7.05 Å². The molecule has 1 aliphatic heterocycles. The fourth-order valence-corrected chi connectivity index (χ4v) is 1.81. The number of hydrogen-bond donors (Lipinski definition) is 1. The number of likely N-dealkylation sites (tertiary alicyclic amines) is 1. The molecule has 1 aliphatic rings. The summed E-state index contributed by atoms with van der Waals surface area (Å²) < 4.78 is 6.60. The van der Waals surface area contributed by atoms with Crippen molar-refractivity contribution in [3.05, 3.63) is 5.82 Å². The van der Waals surface area contributed by atoms with Crippen LogP contribution in [0.15, 0.2) is 0 Å². The van der Waals surface area contributed by atoms with Crippen LogP contribution >= 0.6 is 0 Å². The topological polar surface area (TPSA) is 93.4 Å². The summed E-state index contributed by atoms with van der Waals surface area (Å²) in [5.41, 5.74) is -1.73. The number of aryl methyl sites for hydroxylation is 1. The molecule has 2 rings (SSSR count). The largest absolute Gasteiger partial charge is 0.444 e. The molecule has 1 aromatic rings. The van der Waals surface area contributed by atoms with Gasteiger partial charge in [-0.2, -0.15) is 0 Å². The van der Waals surface area contributed by atoms with E-state index in [9.17, 15) is 9.90 Å². The van der Waals surface area contributed by atoms with Crippen molar-refractivity contribution in [1.29, 1.82) is 0 Å². The van der Waals surface area contributed by atoms with E-state index in [1.165, 1.54) is 9.58 Å². The molecule has 2 heterocycles. The number of β-amino-alcohol motifs (C(OH)–C–C–N with tert-alkyl or cyclic N) is 1. The quantitative estimate of drug-likeness (QED) is 0.737. The predicted molar refractivity (Wildman–Crippen MR) is 60.5 cm³/mol. The second-order valence-electron chi connectivity index (χ2n) is 5.49. The lowest BCUT2D eigenvalue weighted by Crippen LogP contribution is -2.62. The minimum absolute atomic E-state index is 0.135. The van der Waals surface area contributed by atoms with E-state index in [0.29, 0.717) is 5.82 Å². The zero-order valence-corrected chi connectivity index (χ0v) is 10.9. The van der Waals surface area contributed by atoms with Crippen LogP contribution in [0.1, 0.15) is 26.6 Å². The minimum atomic E-state index is -1.19. The number of aliphatic hydroxyl groups is 1. The second-order valence-corrected chi connectivity index (χ2v) is 5.49. The molecule has 18 heavy (non-hydrogen) atoms. The average Bonchev–Trinajstić information content (AvgIpc) is 2.57. The summed E-state index contributed by atoms with van der Waals surface area (Å²) in [5, 5.41) is 21.1. The summed E-state index contributed by atoms with van der Waals surface area (Å²) in [7, 11) is 1.64. The Bertz CT molecular complexity index is 458. The van der Waals surface area contributed by atoms with Crippen molar-refractivity contribution in [3.8, 4) is 0 Å². The first-order valence-corrected chi connectivity index (χ1v) is 5.64. The smallest absolute Gasteiger partial charge is 0.410 e. The Labute approximate surface area is 105 Å². The molecule has 1 fully saturated rings. The highest BCUT2D eigenvalue weighted by atomic mass is 16.6. The standard InChI is InChI=1S/C10H17N5O3/c1-9(2,3)18-8(16)15-5-10(17,6-15)7-11-12-13-14(7)4/h17H,5-6H2,1-4H3. The summed E-state index contributed by atoms with van der Waals surface area (Å²) in [6.07, 6.45) is -0.442. The molecule has 0 atom stereocenters. The Morgan fingerprint density at radius 2 is 2.06 bits per heavy atom. The molecule has 0 unspecified atom stereocenters. The lowest BCUT2D eigenvalue weighted by molar-refractivity contribution is -0.110. The molecular weight excluding hydrogens is 238 g/mol. The van der Waals surface area contributed by atoms with Crippen LogP contribution in [0.4, 0.5) is 4.79 Å². The zero-order valence-electron chi connectivity index (χ0n) is 10.9. The zero-order chi connectivity index (χ0) is 13.6. The van der Waals surface area contributed by atoms with Crippen LogP contribution in [0, 0.1) is 0 Å². The van der Waals surface area contributed by atoms with Crippen molar-refractivity contribution < 1.29 is 14.6 Å². The van der Waals surface area contributed by atoms with Crippen LogP contribution in [0.2, 0.25) is 0 Å². The van der Waals surface area contributed by atoms with E-state index in [4.69, 9.17) is 4.74 Å². The Balaban J connectivity index is 1.98. The van der Waals surface area contributed by atoms with Gasteiger partial charge in [-0.05, 0) is 31.2 Å². The molecule has 8 nitrogen and oxygen atoms in total. The van der Waals surface area contributed by atoms with Gasteiger partial charge in [-0.25, -0.2) is 9.48 Å². The number of rotatable bonds is 1. The number of aromatic nitrogens is 4. The van der Waals surface area contributed by atoms with E-state index in [0.717, 1.165) is 0 Å². The Hall–Kier alpha value is -1.70. The van der Waals surface area contributed by atoms with Crippen LogP contribution in [-0.4, -0.2) is 55.0 Å². The average molecular weight is 255 g/mol. The Kier molecular flexibility index (Phi) is 2.77. The van der Waals surface area contributed by atoms with Crippen LogP contribution in [0.3, 0.4) is 0 Å². The monoisotopic (exact) mass is 255 g/mol. The summed E-state index contributed by atoms with van der Waals surface area (Å²) >= 11 is 0. The van der Waals surface area contributed by atoms with E-state index in [1.54, 1.807) is 27.8 Å². The number of ether oxygens (including phenoxy) is 1. The molecule has 0 bridgehead atoms. The molecule has 1 amide bonds. The van der Waals surface area contributed by atoms with Gasteiger partial charge in [0.15, 0.2) is 11.4 Å². The van der Waals surface area contributed by atoms with E-state index < -0.39 is 17.3 Å². The highest BCUT2D eigenvalue weighted by Crippen LogP contribution is 2.30. The van der Waals surface area contributed by atoms with Gasteiger partial charge >= 0.3 is 6.09 Å². The summed E-state index contributed by atoms with van der Waals surface area (Å²) in [4.78, 5) is 13.1. The molecule has 0 radical (unpaired) electrons. The molecule has 0 spiro atoms. The van der Waals surface area contributed by atoms with E-state index in [2.05, 4.69) is 15.5 Å². The van der Waals surface area contributed by atoms with Gasteiger partial charge in [0.05, 0.1) is 13.1 Å². The van der Waals surface area contributed by atoms with Gasteiger partial charge in [-0.3, -0.25) is 0 Å². The molecule has 100 valence electrons. The first-order valence-electron chi connectivity index (χ1n) is 5.64. The fourth-order valence-electron chi connectivity index (χ4n) is 1.81. The third-order valence-electron chi connectivity index (χ3n) is 2.59. The first kappa shape index (κ1) is 12.7. The van der Waals surface area contributed by atoms with E-state index in [-0.39, 0.29) is 13.1 Å². The number of carbonyl (C=O) groups excluding carboxylic acids is 1. The first-order chi connectivity index (χ1) is 8.21. The SMILES string of the molecule is Cn1nnnc1C1(O)CN(C(=O)OC(C)(C)C)C1. The van der Waals surface area contributed by atoms with Crippen LogP contribution < -0.4 is 0 Å². The summed E-state index contributed by atoms with van der Waals surface area (Å²) in [5.74, 6) is 0.349. The molecule has 0 aromatic carbocycles. The molecular formula is C10H17N5O3. The Morgan fingerprint density at radius 3 is 2.50 bits per heavy atom. The van der Waals surface area contributed by atoms with Crippen LogP contribution in [0.5, 0.6) is 0 Å². The van der Waals surface area contributed by atoms with Gasteiger partial charge < -0.3 is 14.7 Å². The number of tetrazole rings is 1. The van der Waals surface area contributed by atoms with Crippen LogP contribution in [0.25, 0.3) is 0 Å². The normalized spacial score (nSPS) is 18.4. The molecule has 0 saturated carbocycles. The Morgan fingerprint density at radius 1 is 1.44 bits per heavy atom. The second kappa shape index (κ2) is 3.91. The molecule has 0 aliphatic carbocycles. The van der Waals surface area contributed by atoms with Gasteiger partial charge in [0.1, 0.15) is 5.60 Å². The minimum Gasteiger partial charge on any atom is -0.444 e. The predicted octanol–water partition coefficient (Wildman–Crippen LogP) is -0.352. The maximum absolute atomic E-state index is 11.7. The number of amides is 1. The third-order valence-corrected chi connectivity index (χ3v) is 2.59. The van der Waals surface area contributed by atoms with Crippen molar-refractivity contribution in [1.82, 2.24) is 25.1 Å². The van der Waals surface area contributed by atoms with Crippen molar-refractivity contribution >= 4 is 6.09 Å².